The maximum atomic E-state index is 5.98. The monoisotopic (exact) mass is 279 g/mol. The minimum Gasteiger partial charge on any atom is -0.381 e. The zero-order valence-corrected chi connectivity index (χ0v) is 12.2. The second kappa shape index (κ2) is 5.82. The summed E-state index contributed by atoms with van der Waals surface area (Å²) in [5.74, 6) is 0.808. The summed E-state index contributed by atoms with van der Waals surface area (Å²) in [5.41, 5.74) is 1.38. The van der Waals surface area contributed by atoms with Gasteiger partial charge >= 0.3 is 0 Å². The average Bonchev–Trinajstić information content (AvgIpc) is 3.17. The molecule has 2 nitrogen and oxygen atoms in total. The fraction of sp³-hybridized carbons (Fsp3) is 0.625. The van der Waals surface area contributed by atoms with Gasteiger partial charge in [-0.05, 0) is 55.7 Å². The van der Waals surface area contributed by atoms with E-state index in [1.807, 2.05) is 19.2 Å². The number of hydrogen-bond acceptors (Lipinski definition) is 2. The highest BCUT2D eigenvalue weighted by molar-refractivity contribution is 6.30. The molecule has 3 heteroatoms. The molecule has 3 unspecified atom stereocenters. The van der Waals surface area contributed by atoms with Crippen molar-refractivity contribution in [3.63, 3.8) is 0 Å². The summed E-state index contributed by atoms with van der Waals surface area (Å²) in [4.78, 5) is 0. The predicted octanol–water partition coefficient (Wildman–Crippen LogP) is 3.95. The number of halogens is 1. The predicted molar refractivity (Wildman–Crippen MR) is 78.5 cm³/mol. The normalized spacial score (nSPS) is 28.5. The van der Waals surface area contributed by atoms with Crippen LogP contribution in [0.2, 0.25) is 5.02 Å². The van der Waals surface area contributed by atoms with Gasteiger partial charge in [-0.15, -0.1) is 0 Å². The molecule has 2 aliphatic carbocycles. The standard InChI is InChI=1S/C16H22ClNO/c1-19-15-9-8-14(10-15)18-16(11-2-3-11)12-4-6-13(17)7-5-12/h4-7,11,14-16,18H,2-3,8-10H2,1H3. The first-order valence-electron chi connectivity index (χ1n) is 7.30. The second-order valence-corrected chi connectivity index (χ2v) is 6.34. The number of rotatable bonds is 5. The van der Waals surface area contributed by atoms with E-state index in [-0.39, 0.29) is 0 Å². The third-order valence-electron chi connectivity index (χ3n) is 4.46. The number of hydrogen-bond donors (Lipinski definition) is 1. The van der Waals surface area contributed by atoms with E-state index in [9.17, 15) is 0 Å². The molecule has 0 bridgehead atoms. The SMILES string of the molecule is COC1CCC(NC(c2ccc(Cl)cc2)C2CC2)C1. The van der Waals surface area contributed by atoms with E-state index < -0.39 is 0 Å². The summed E-state index contributed by atoms with van der Waals surface area (Å²) in [6.45, 7) is 0. The van der Waals surface area contributed by atoms with E-state index in [1.54, 1.807) is 0 Å². The number of methoxy groups -OCH3 is 1. The minimum atomic E-state index is 0.447. The van der Waals surface area contributed by atoms with Crippen LogP contribution in [-0.2, 0) is 4.74 Å². The molecule has 0 aromatic heterocycles. The first-order valence-corrected chi connectivity index (χ1v) is 7.68. The summed E-state index contributed by atoms with van der Waals surface area (Å²) in [7, 11) is 1.82. The van der Waals surface area contributed by atoms with Crippen molar-refractivity contribution in [2.75, 3.05) is 7.11 Å². The van der Waals surface area contributed by atoms with Gasteiger partial charge in [0.25, 0.3) is 0 Å². The Hall–Kier alpha value is -0.570. The highest BCUT2D eigenvalue weighted by Gasteiger charge is 2.35. The Morgan fingerprint density at radius 3 is 2.47 bits per heavy atom. The van der Waals surface area contributed by atoms with E-state index in [4.69, 9.17) is 16.3 Å². The van der Waals surface area contributed by atoms with Crippen LogP contribution in [0.1, 0.15) is 43.7 Å². The lowest BCUT2D eigenvalue weighted by atomic mass is 10.0. The zero-order valence-electron chi connectivity index (χ0n) is 11.4. The number of nitrogens with one attached hydrogen (secondary N) is 1. The van der Waals surface area contributed by atoms with Gasteiger partial charge in [0.2, 0.25) is 0 Å². The smallest absolute Gasteiger partial charge is 0.0586 e. The van der Waals surface area contributed by atoms with E-state index in [2.05, 4.69) is 17.4 Å². The van der Waals surface area contributed by atoms with Gasteiger partial charge in [-0.25, -0.2) is 0 Å². The third-order valence-corrected chi connectivity index (χ3v) is 4.71. The van der Waals surface area contributed by atoms with Crippen LogP contribution in [0, 0.1) is 5.92 Å². The molecule has 1 N–H and O–H groups in total. The van der Waals surface area contributed by atoms with Crippen molar-refractivity contribution in [3.05, 3.63) is 34.9 Å². The third kappa shape index (κ3) is 3.31. The lowest BCUT2D eigenvalue weighted by molar-refractivity contribution is 0.106. The molecule has 3 rings (SSSR count). The molecule has 0 aliphatic heterocycles. The molecule has 0 radical (unpaired) electrons. The van der Waals surface area contributed by atoms with Crippen molar-refractivity contribution in [2.24, 2.45) is 5.92 Å². The molecular weight excluding hydrogens is 258 g/mol. The molecule has 2 fully saturated rings. The van der Waals surface area contributed by atoms with Crippen molar-refractivity contribution in [3.8, 4) is 0 Å². The van der Waals surface area contributed by atoms with Crippen LogP contribution in [0.15, 0.2) is 24.3 Å². The van der Waals surface area contributed by atoms with Gasteiger partial charge in [-0.2, -0.15) is 0 Å². The molecule has 2 aliphatic rings. The molecule has 1 aromatic carbocycles. The van der Waals surface area contributed by atoms with Crippen LogP contribution in [0.3, 0.4) is 0 Å². The van der Waals surface area contributed by atoms with E-state index in [0.29, 0.717) is 18.2 Å². The molecule has 0 amide bonds. The van der Waals surface area contributed by atoms with Crippen LogP contribution >= 0.6 is 11.6 Å². The molecule has 2 saturated carbocycles. The summed E-state index contributed by atoms with van der Waals surface area (Å²) < 4.78 is 5.46. The Labute approximate surface area is 120 Å². The van der Waals surface area contributed by atoms with Crippen molar-refractivity contribution in [1.82, 2.24) is 5.32 Å². The van der Waals surface area contributed by atoms with Crippen molar-refractivity contribution < 1.29 is 4.74 Å². The first kappa shape index (κ1) is 13.4. The zero-order chi connectivity index (χ0) is 13.2. The van der Waals surface area contributed by atoms with Gasteiger partial charge in [0.05, 0.1) is 6.10 Å². The second-order valence-electron chi connectivity index (χ2n) is 5.90. The van der Waals surface area contributed by atoms with E-state index in [0.717, 1.165) is 17.4 Å². The van der Waals surface area contributed by atoms with Gasteiger partial charge in [0, 0.05) is 24.2 Å². The molecule has 1 aromatic rings. The van der Waals surface area contributed by atoms with Crippen molar-refractivity contribution in [1.29, 1.82) is 0 Å². The maximum Gasteiger partial charge on any atom is 0.0586 e. The molecule has 0 spiro atoms. The maximum absolute atomic E-state index is 5.98. The van der Waals surface area contributed by atoms with Crippen LogP contribution in [-0.4, -0.2) is 19.3 Å². The molecular formula is C16H22ClNO. The van der Waals surface area contributed by atoms with E-state index in [1.165, 1.54) is 31.2 Å². The largest absolute Gasteiger partial charge is 0.381 e. The molecule has 3 atom stereocenters. The lowest BCUT2D eigenvalue weighted by Gasteiger charge is -2.23. The molecule has 104 valence electrons. The number of ether oxygens (including phenoxy) is 1. The van der Waals surface area contributed by atoms with Crippen LogP contribution in [0.25, 0.3) is 0 Å². The fourth-order valence-electron chi connectivity index (χ4n) is 3.16. The van der Waals surface area contributed by atoms with Gasteiger partial charge < -0.3 is 10.1 Å². The number of benzene rings is 1. The Balaban J connectivity index is 1.66. The van der Waals surface area contributed by atoms with Gasteiger partial charge in [-0.1, -0.05) is 23.7 Å². The van der Waals surface area contributed by atoms with Gasteiger partial charge in [0.1, 0.15) is 0 Å². The minimum absolute atomic E-state index is 0.447. The average molecular weight is 280 g/mol. The Bertz CT molecular complexity index is 415. The Kier molecular flexibility index (Phi) is 4.11. The lowest BCUT2D eigenvalue weighted by Crippen LogP contribution is -2.32. The van der Waals surface area contributed by atoms with E-state index >= 15 is 0 Å². The molecule has 0 heterocycles. The van der Waals surface area contributed by atoms with Crippen molar-refractivity contribution >= 4 is 11.6 Å². The van der Waals surface area contributed by atoms with Gasteiger partial charge in [0.15, 0.2) is 0 Å². The van der Waals surface area contributed by atoms with Crippen LogP contribution in [0.5, 0.6) is 0 Å². The fourth-order valence-corrected chi connectivity index (χ4v) is 3.29. The Morgan fingerprint density at radius 2 is 1.89 bits per heavy atom. The van der Waals surface area contributed by atoms with Crippen molar-refractivity contribution in [2.45, 2.75) is 50.3 Å². The first-order chi connectivity index (χ1) is 9.26. The highest BCUT2D eigenvalue weighted by atomic mass is 35.5. The highest BCUT2D eigenvalue weighted by Crippen LogP contribution is 2.42. The van der Waals surface area contributed by atoms with Gasteiger partial charge in [-0.3, -0.25) is 0 Å². The summed E-state index contributed by atoms with van der Waals surface area (Å²) in [6, 6.07) is 9.44. The van der Waals surface area contributed by atoms with Crippen LogP contribution in [0.4, 0.5) is 0 Å². The summed E-state index contributed by atoms with van der Waals surface area (Å²) in [5, 5.41) is 4.67. The summed E-state index contributed by atoms with van der Waals surface area (Å²) in [6.07, 6.45) is 6.71. The summed E-state index contributed by atoms with van der Waals surface area (Å²) >= 11 is 5.98. The Morgan fingerprint density at radius 1 is 1.16 bits per heavy atom. The topological polar surface area (TPSA) is 21.3 Å². The van der Waals surface area contributed by atoms with Crippen LogP contribution < -0.4 is 5.32 Å². The quantitative estimate of drug-likeness (QED) is 0.881. The molecule has 19 heavy (non-hydrogen) atoms. The molecule has 0 saturated heterocycles.